The number of ether oxygens (including phenoxy) is 1. The molecule has 4 heterocycles. The molecule has 0 bridgehead atoms. The van der Waals surface area contributed by atoms with Crippen LogP contribution in [-0.2, 0) is 16.1 Å². The van der Waals surface area contributed by atoms with Crippen molar-refractivity contribution in [3.63, 3.8) is 0 Å². The Morgan fingerprint density at radius 3 is 2.65 bits per heavy atom. The number of hydrogen-bond donors (Lipinski definition) is 1. The van der Waals surface area contributed by atoms with Crippen molar-refractivity contribution in [1.82, 2.24) is 15.0 Å². The average Bonchev–Trinajstić information content (AvgIpc) is 3.41. The van der Waals surface area contributed by atoms with E-state index < -0.39 is 12.1 Å². The van der Waals surface area contributed by atoms with Gasteiger partial charge in [0.25, 0.3) is 5.91 Å². The van der Waals surface area contributed by atoms with E-state index in [0.29, 0.717) is 19.1 Å². The van der Waals surface area contributed by atoms with Crippen LogP contribution in [0.2, 0.25) is 0 Å². The predicted octanol–water partition coefficient (Wildman–Crippen LogP) is 2.65. The van der Waals surface area contributed by atoms with E-state index in [0.717, 1.165) is 43.2 Å². The Bertz CT molecular complexity index is 887. The lowest BCUT2D eigenvalue weighted by molar-refractivity contribution is -0.192. The average molecular weight is 461 g/mol. The monoisotopic (exact) mass is 461 g/mol. The Balaban J connectivity index is 0.000000339. The Morgan fingerprint density at radius 2 is 2.06 bits per heavy atom. The number of hydrogen-bond acceptors (Lipinski definition) is 7. The van der Waals surface area contributed by atoms with E-state index in [-0.39, 0.29) is 12.0 Å². The fourth-order valence-corrected chi connectivity index (χ4v) is 4.21. The topological polar surface area (TPSA) is 96.1 Å². The molecule has 1 N–H and O–H groups in total. The third-order valence-corrected chi connectivity index (χ3v) is 5.65. The van der Waals surface area contributed by atoms with Crippen molar-refractivity contribution < 1.29 is 37.1 Å². The van der Waals surface area contributed by atoms with Gasteiger partial charge in [-0.3, -0.25) is 9.69 Å². The SMILES string of the molecule is Cc1cc(CN2C[C@@H]3CN(C(=O)c4ccsc4)CCO[C@@H]3C2)no1.O=C(O)C(F)(F)F. The Labute approximate surface area is 180 Å². The summed E-state index contributed by atoms with van der Waals surface area (Å²) in [5.41, 5.74) is 1.74. The molecule has 2 aromatic rings. The highest BCUT2D eigenvalue weighted by atomic mass is 32.1. The van der Waals surface area contributed by atoms with Crippen molar-refractivity contribution in [2.24, 2.45) is 5.92 Å². The molecule has 2 atom stereocenters. The number of carbonyl (C=O) groups is 2. The maximum Gasteiger partial charge on any atom is 0.490 e. The summed E-state index contributed by atoms with van der Waals surface area (Å²) in [7, 11) is 0. The number of aryl methyl sites for hydroxylation is 1. The van der Waals surface area contributed by atoms with Crippen molar-refractivity contribution in [2.45, 2.75) is 25.7 Å². The van der Waals surface area contributed by atoms with Gasteiger partial charge < -0.3 is 19.3 Å². The standard InChI is InChI=1S/C17H21N3O3S.C2HF3O2/c1-12-6-15(18-23-12)9-19-7-14-8-20(3-4-22-16(14)10-19)17(21)13-2-5-24-11-13;3-2(4,5)1(6)7/h2,5-6,11,14,16H,3-4,7-10H2,1H3;(H,6,7)/t14-,16-;/m1./s1. The van der Waals surface area contributed by atoms with Gasteiger partial charge in [0.2, 0.25) is 0 Å². The number of nitrogens with zero attached hydrogens (tertiary/aromatic N) is 3. The maximum atomic E-state index is 12.6. The molecule has 0 saturated carbocycles. The molecule has 2 aliphatic heterocycles. The summed E-state index contributed by atoms with van der Waals surface area (Å²) in [5.74, 6) is -1.45. The summed E-state index contributed by atoms with van der Waals surface area (Å²) >= 11 is 1.56. The number of aromatic nitrogens is 1. The first-order valence-corrected chi connectivity index (χ1v) is 10.5. The van der Waals surface area contributed by atoms with Crippen LogP contribution >= 0.6 is 11.3 Å². The highest BCUT2D eigenvalue weighted by Crippen LogP contribution is 2.26. The highest BCUT2D eigenvalue weighted by molar-refractivity contribution is 7.08. The van der Waals surface area contributed by atoms with Crippen LogP contribution in [0.4, 0.5) is 13.2 Å². The van der Waals surface area contributed by atoms with E-state index in [9.17, 15) is 18.0 Å². The van der Waals surface area contributed by atoms with Gasteiger partial charge in [0.1, 0.15) is 5.76 Å². The summed E-state index contributed by atoms with van der Waals surface area (Å²) in [4.78, 5) is 25.8. The molecule has 8 nitrogen and oxygen atoms in total. The highest BCUT2D eigenvalue weighted by Gasteiger charge is 2.39. The van der Waals surface area contributed by atoms with Crippen LogP contribution < -0.4 is 0 Å². The molecule has 2 fully saturated rings. The van der Waals surface area contributed by atoms with Crippen molar-refractivity contribution in [3.05, 3.63) is 39.9 Å². The molecule has 0 radical (unpaired) electrons. The molecule has 2 saturated heterocycles. The lowest BCUT2D eigenvalue weighted by Crippen LogP contribution is -2.37. The van der Waals surface area contributed by atoms with Crippen LogP contribution in [0.1, 0.15) is 21.8 Å². The molecule has 4 rings (SSSR count). The minimum atomic E-state index is -5.08. The second kappa shape index (κ2) is 9.79. The van der Waals surface area contributed by atoms with Crippen LogP contribution in [0.25, 0.3) is 0 Å². The number of thiophene rings is 1. The number of fused-ring (bicyclic) bond motifs is 1. The van der Waals surface area contributed by atoms with E-state index in [4.69, 9.17) is 19.2 Å². The van der Waals surface area contributed by atoms with E-state index in [1.165, 1.54) is 0 Å². The van der Waals surface area contributed by atoms with Crippen molar-refractivity contribution in [3.8, 4) is 0 Å². The molecule has 0 aliphatic carbocycles. The molecular weight excluding hydrogens is 439 g/mol. The predicted molar refractivity (Wildman–Crippen MR) is 104 cm³/mol. The van der Waals surface area contributed by atoms with E-state index in [2.05, 4.69) is 10.1 Å². The first-order valence-electron chi connectivity index (χ1n) is 9.51. The quantitative estimate of drug-likeness (QED) is 0.751. The van der Waals surface area contributed by atoms with Gasteiger partial charge in [-0.25, -0.2) is 4.79 Å². The molecule has 0 unspecified atom stereocenters. The fraction of sp³-hybridized carbons (Fsp3) is 0.526. The summed E-state index contributed by atoms with van der Waals surface area (Å²) in [6.45, 7) is 6.51. The minimum absolute atomic E-state index is 0.117. The van der Waals surface area contributed by atoms with Gasteiger partial charge >= 0.3 is 12.1 Å². The molecule has 12 heteroatoms. The number of halogens is 3. The van der Waals surface area contributed by atoms with Crippen LogP contribution in [0.15, 0.2) is 27.4 Å². The summed E-state index contributed by atoms with van der Waals surface area (Å²) in [5, 5.41) is 15.1. The summed E-state index contributed by atoms with van der Waals surface area (Å²) in [6, 6.07) is 3.87. The molecule has 1 amide bonds. The maximum absolute atomic E-state index is 12.6. The molecule has 2 aliphatic rings. The number of amides is 1. The second-order valence-corrected chi connectivity index (χ2v) is 8.14. The Morgan fingerprint density at radius 1 is 1.32 bits per heavy atom. The smallest absolute Gasteiger partial charge is 0.475 e. The number of alkyl halides is 3. The number of carboxylic acid groups (broad SMARTS) is 1. The summed E-state index contributed by atoms with van der Waals surface area (Å²) < 4.78 is 42.9. The number of rotatable bonds is 3. The fourth-order valence-electron chi connectivity index (χ4n) is 3.58. The third-order valence-electron chi connectivity index (χ3n) is 4.96. The number of carbonyl (C=O) groups excluding carboxylic acids is 1. The van der Waals surface area contributed by atoms with E-state index in [1.807, 2.05) is 34.7 Å². The first kappa shape index (κ1) is 23.2. The van der Waals surface area contributed by atoms with E-state index >= 15 is 0 Å². The largest absolute Gasteiger partial charge is 0.490 e. The zero-order valence-corrected chi connectivity index (χ0v) is 17.5. The van der Waals surface area contributed by atoms with Crippen molar-refractivity contribution in [1.29, 1.82) is 0 Å². The van der Waals surface area contributed by atoms with E-state index in [1.54, 1.807) is 11.3 Å². The third kappa shape index (κ3) is 6.28. The van der Waals surface area contributed by atoms with Crippen LogP contribution in [-0.4, -0.2) is 77.0 Å². The van der Waals surface area contributed by atoms with Crippen molar-refractivity contribution in [2.75, 3.05) is 32.8 Å². The number of likely N-dealkylation sites (tertiary alicyclic amines) is 1. The molecule has 31 heavy (non-hydrogen) atoms. The Kier molecular flexibility index (Phi) is 7.34. The first-order chi connectivity index (χ1) is 14.6. The van der Waals surface area contributed by atoms with Gasteiger partial charge in [0.15, 0.2) is 0 Å². The van der Waals surface area contributed by atoms with Crippen LogP contribution in [0.3, 0.4) is 0 Å². The van der Waals surface area contributed by atoms with Gasteiger partial charge in [-0.05, 0) is 18.4 Å². The number of carboxylic acids is 1. The zero-order valence-electron chi connectivity index (χ0n) is 16.7. The van der Waals surface area contributed by atoms with Gasteiger partial charge in [-0.15, -0.1) is 0 Å². The zero-order chi connectivity index (χ0) is 22.6. The lowest BCUT2D eigenvalue weighted by atomic mass is 10.1. The Hall–Kier alpha value is -2.44. The second-order valence-electron chi connectivity index (χ2n) is 7.36. The van der Waals surface area contributed by atoms with Gasteiger partial charge in [-0.1, -0.05) is 5.16 Å². The van der Waals surface area contributed by atoms with Crippen molar-refractivity contribution >= 4 is 23.2 Å². The van der Waals surface area contributed by atoms with Gasteiger partial charge in [0.05, 0.1) is 24.0 Å². The lowest BCUT2D eigenvalue weighted by Gasteiger charge is -2.23. The minimum Gasteiger partial charge on any atom is -0.475 e. The van der Waals surface area contributed by atoms with Crippen LogP contribution in [0, 0.1) is 12.8 Å². The van der Waals surface area contributed by atoms with Gasteiger partial charge in [0, 0.05) is 50.1 Å². The molecule has 0 aromatic carbocycles. The molecule has 170 valence electrons. The normalized spacial score (nSPS) is 21.7. The molecule has 0 spiro atoms. The van der Waals surface area contributed by atoms with Crippen LogP contribution in [0.5, 0.6) is 0 Å². The van der Waals surface area contributed by atoms with Gasteiger partial charge in [-0.2, -0.15) is 24.5 Å². The molecule has 2 aromatic heterocycles. The summed E-state index contributed by atoms with van der Waals surface area (Å²) in [6.07, 6.45) is -4.89. The number of aliphatic carboxylic acids is 1. The molecular formula is C19H22F3N3O5S.